The summed E-state index contributed by atoms with van der Waals surface area (Å²) >= 11 is 0. The molecule has 0 aromatic heterocycles. The molecule has 0 saturated heterocycles. The molecule has 0 atom stereocenters. The van der Waals surface area contributed by atoms with Crippen molar-refractivity contribution in [2.45, 2.75) is 0 Å². The van der Waals surface area contributed by atoms with Gasteiger partial charge in [-0.3, -0.25) is 0 Å². The molecule has 92 valence electrons. The van der Waals surface area contributed by atoms with Crippen LogP contribution in [-0.4, -0.2) is 21.3 Å². The molecule has 0 amide bonds. The summed E-state index contributed by atoms with van der Waals surface area (Å²) < 4.78 is 4.93. The van der Waals surface area contributed by atoms with Crippen molar-refractivity contribution in [2.75, 3.05) is 0 Å². The van der Waals surface area contributed by atoms with E-state index < -0.39 is 5.97 Å². The summed E-state index contributed by atoms with van der Waals surface area (Å²) in [4.78, 5) is 11.7. The second kappa shape index (κ2) is 4.67. The number of phenolic OH excluding ortho intramolecular Hbond substituents is 3. The van der Waals surface area contributed by atoms with Gasteiger partial charge in [0, 0.05) is 6.07 Å². The number of rotatable bonds is 2. The van der Waals surface area contributed by atoms with Crippen molar-refractivity contribution in [3.8, 4) is 23.0 Å². The number of hydrogen-bond acceptors (Lipinski definition) is 5. The number of aromatic hydroxyl groups is 3. The molecule has 0 heterocycles. The van der Waals surface area contributed by atoms with Gasteiger partial charge in [-0.2, -0.15) is 0 Å². The average Bonchev–Trinajstić information content (AvgIpc) is 2.31. The minimum atomic E-state index is -0.789. The fraction of sp³-hybridized carbons (Fsp3) is 0. The lowest BCUT2D eigenvalue weighted by atomic mass is 10.2. The van der Waals surface area contributed by atoms with Crippen LogP contribution in [0.3, 0.4) is 0 Å². The van der Waals surface area contributed by atoms with Gasteiger partial charge in [0.25, 0.3) is 0 Å². The van der Waals surface area contributed by atoms with Crippen LogP contribution in [0.5, 0.6) is 23.0 Å². The van der Waals surface area contributed by atoms with E-state index in [0.717, 1.165) is 18.2 Å². The van der Waals surface area contributed by atoms with Crippen molar-refractivity contribution in [3.05, 3.63) is 48.0 Å². The van der Waals surface area contributed by atoms with E-state index in [9.17, 15) is 20.1 Å². The number of para-hydroxylation sites is 2. The molecule has 0 saturated carbocycles. The number of carbonyl (C=O) groups excluding carboxylic acids is 1. The first-order chi connectivity index (χ1) is 8.56. The Morgan fingerprint density at radius 1 is 0.944 bits per heavy atom. The van der Waals surface area contributed by atoms with E-state index in [1.54, 1.807) is 12.1 Å². The van der Waals surface area contributed by atoms with E-state index in [1.807, 2.05) is 0 Å². The van der Waals surface area contributed by atoms with E-state index in [4.69, 9.17) is 4.74 Å². The Kier molecular flexibility index (Phi) is 3.05. The normalized spacial score (nSPS) is 10.0. The number of carbonyl (C=O) groups is 1. The second-order valence-electron chi connectivity index (χ2n) is 3.60. The monoisotopic (exact) mass is 246 g/mol. The van der Waals surface area contributed by atoms with Crippen molar-refractivity contribution in [1.82, 2.24) is 0 Å². The highest BCUT2D eigenvalue weighted by Gasteiger charge is 2.13. The maximum atomic E-state index is 11.7. The maximum Gasteiger partial charge on any atom is 0.343 e. The van der Waals surface area contributed by atoms with E-state index in [0.29, 0.717) is 0 Å². The van der Waals surface area contributed by atoms with E-state index >= 15 is 0 Å². The van der Waals surface area contributed by atoms with Crippen LogP contribution < -0.4 is 4.74 Å². The third-order valence-electron chi connectivity index (χ3n) is 2.21. The number of ether oxygens (including phenoxy) is 1. The fourth-order valence-corrected chi connectivity index (χ4v) is 1.42. The van der Waals surface area contributed by atoms with Gasteiger partial charge in [-0.1, -0.05) is 12.1 Å². The highest BCUT2D eigenvalue weighted by atomic mass is 16.5. The van der Waals surface area contributed by atoms with Crippen LogP contribution in [0.15, 0.2) is 42.5 Å². The molecule has 0 aliphatic carbocycles. The third kappa shape index (κ3) is 2.52. The van der Waals surface area contributed by atoms with Gasteiger partial charge in [0.1, 0.15) is 11.5 Å². The Labute approximate surface area is 103 Å². The minimum absolute atomic E-state index is 0.00494. The van der Waals surface area contributed by atoms with Gasteiger partial charge < -0.3 is 20.1 Å². The summed E-state index contributed by atoms with van der Waals surface area (Å²) in [7, 11) is 0. The molecule has 2 aromatic rings. The highest BCUT2D eigenvalue weighted by Crippen LogP contribution is 2.26. The van der Waals surface area contributed by atoms with Gasteiger partial charge in [0.2, 0.25) is 0 Å². The van der Waals surface area contributed by atoms with Crippen LogP contribution in [0.1, 0.15) is 10.4 Å². The molecule has 0 bridgehead atoms. The molecule has 0 aliphatic rings. The fourth-order valence-electron chi connectivity index (χ4n) is 1.42. The van der Waals surface area contributed by atoms with E-state index in [1.165, 1.54) is 12.1 Å². The lowest BCUT2D eigenvalue weighted by Crippen LogP contribution is -2.08. The number of hydrogen-bond donors (Lipinski definition) is 3. The summed E-state index contributed by atoms with van der Waals surface area (Å²) in [6.45, 7) is 0. The zero-order valence-corrected chi connectivity index (χ0v) is 9.20. The molecule has 2 aromatic carbocycles. The predicted molar refractivity (Wildman–Crippen MR) is 62.8 cm³/mol. The molecule has 0 radical (unpaired) electrons. The third-order valence-corrected chi connectivity index (χ3v) is 2.21. The van der Waals surface area contributed by atoms with Crippen molar-refractivity contribution in [1.29, 1.82) is 0 Å². The standard InChI is InChI=1S/C13H10O5/c14-9-5-8(6-10(15)7-9)13(17)18-12-4-2-1-3-11(12)16/h1-7,14-16H. The minimum Gasteiger partial charge on any atom is -0.508 e. The average molecular weight is 246 g/mol. The number of esters is 1. The first kappa shape index (κ1) is 11.8. The summed E-state index contributed by atoms with van der Waals surface area (Å²) in [5, 5.41) is 27.9. The SMILES string of the molecule is O=C(Oc1ccccc1O)c1cc(O)cc(O)c1. The van der Waals surface area contributed by atoms with Crippen LogP contribution in [0, 0.1) is 0 Å². The van der Waals surface area contributed by atoms with Gasteiger partial charge in [0.15, 0.2) is 11.5 Å². The second-order valence-corrected chi connectivity index (χ2v) is 3.60. The number of benzene rings is 2. The Morgan fingerprint density at radius 2 is 1.56 bits per heavy atom. The quantitative estimate of drug-likeness (QED) is 0.557. The van der Waals surface area contributed by atoms with E-state index in [-0.39, 0.29) is 28.6 Å². The molecule has 0 aliphatic heterocycles. The van der Waals surface area contributed by atoms with Gasteiger partial charge >= 0.3 is 5.97 Å². The Hall–Kier alpha value is -2.69. The Balaban J connectivity index is 2.25. The van der Waals surface area contributed by atoms with Crippen molar-refractivity contribution in [2.24, 2.45) is 0 Å². The van der Waals surface area contributed by atoms with E-state index in [2.05, 4.69) is 0 Å². The first-order valence-electron chi connectivity index (χ1n) is 5.09. The van der Waals surface area contributed by atoms with Crippen molar-refractivity contribution in [3.63, 3.8) is 0 Å². The van der Waals surface area contributed by atoms with Gasteiger partial charge in [0.05, 0.1) is 5.56 Å². The molecule has 0 fully saturated rings. The molecule has 5 heteroatoms. The Morgan fingerprint density at radius 3 is 2.17 bits per heavy atom. The molecule has 3 N–H and O–H groups in total. The molecular weight excluding hydrogens is 236 g/mol. The van der Waals surface area contributed by atoms with Gasteiger partial charge in [-0.05, 0) is 24.3 Å². The van der Waals surface area contributed by atoms with Gasteiger partial charge in [-0.25, -0.2) is 4.79 Å². The summed E-state index contributed by atoms with van der Waals surface area (Å²) in [5.41, 5.74) is -0.0178. The van der Waals surface area contributed by atoms with Crippen LogP contribution >= 0.6 is 0 Å². The summed E-state index contributed by atoms with van der Waals surface area (Å²) in [6, 6.07) is 9.40. The largest absolute Gasteiger partial charge is 0.508 e. The van der Waals surface area contributed by atoms with Crippen molar-refractivity contribution < 1.29 is 24.9 Å². The van der Waals surface area contributed by atoms with Crippen LogP contribution in [0.4, 0.5) is 0 Å². The Bertz CT molecular complexity index is 571. The van der Waals surface area contributed by atoms with Crippen LogP contribution in [0.2, 0.25) is 0 Å². The van der Waals surface area contributed by atoms with Gasteiger partial charge in [-0.15, -0.1) is 0 Å². The lowest BCUT2D eigenvalue weighted by Gasteiger charge is -2.06. The van der Waals surface area contributed by atoms with Crippen LogP contribution in [0.25, 0.3) is 0 Å². The maximum absolute atomic E-state index is 11.7. The van der Waals surface area contributed by atoms with Crippen LogP contribution in [-0.2, 0) is 0 Å². The molecule has 0 unspecified atom stereocenters. The highest BCUT2D eigenvalue weighted by molar-refractivity contribution is 5.92. The first-order valence-corrected chi connectivity index (χ1v) is 5.09. The lowest BCUT2D eigenvalue weighted by molar-refractivity contribution is 0.0728. The smallest absolute Gasteiger partial charge is 0.343 e. The molecule has 0 spiro atoms. The summed E-state index contributed by atoms with van der Waals surface area (Å²) in [5.74, 6) is -1.46. The molecule has 2 rings (SSSR count). The molecule has 18 heavy (non-hydrogen) atoms. The predicted octanol–water partition coefficient (Wildman–Crippen LogP) is 2.02. The van der Waals surface area contributed by atoms with Crippen molar-refractivity contribution >= 4 is 5.97 Å². The number of phenols is 3. The molecule has 5 nitrogen and oxygen atoms in total. The zero-order chi connectivity index (χ0) is 13.1. The summed E-state index contributed by atoms with van der Waals surface area (Å²) in [6.07, 6.45) is 0. The zero-order valence-electron chi connectivity index (χ0n) is 9.20. The topological polar surface area (TPSA) is 87.0 Å². The molecular formula is C13H10O5.